The Bertz CT molecular complexity index is 544. The number of aromatic nitrogens is 1. The average molecular weight is 272 g/mol. The lowest BCUT2D eigenvalue weighted by atomic mass is 9.97. The number of nitrogens with two attached hydrogens (primary N) is 1. The van der Waals surface area contributed by atoms with E-state index in [0.29, 0.717) is 5.82 Å². The molecule has 1 heterocycles. The van der Waals surface area contributed by atoms with Gasteiger partial charge in [0.2, 0.25) is 0 Å². The topological polar surface area (TPSA) is 63.3 Å². The van der Waals surface area contributed by atoms with Crippen molar-refractivity contribution in [1.82, 2.24) is 10.3 Å². The van der Waals surface area contributed by atoms with Crippen molar-refractivity contribution in [1.29, 1.82) is 0 Å². The molecule has 0 radical (unpaired) electrons. The van der Waals surface area contributed by atoms with Gasteiger partial charge in [-0.25, -0.2) is 4.98 Å². The van der Waals surface area contributed by atoms with Gasteiger partial charge >= 0.3 is 0 Å². The molecule has 1 aromatic rings. The van der Waals surface area contributed by atoms with E-state index in [2.05, 4.69) is 43.2 Å². The number of pyridine rings is 1. The number of fused-ring (bicyclic) bond motifs is 1. The standard InChI is InChI=1S/C16H24N4/c1-4-12(10-18-5-2)19-15-11(3)13-8-6-7-9-14(13)20-16(15)17/h6,8,18H,4-5,7,9-10H2,1-3H3,(H2,17,20). The predicted molar refractivity (Wildman–Crippen MR) is 86.7 cm³/mol. The number of hydrogen-bond donors (Lipinski definition) is 2. The molecule has 0 aromatic carbocycles. The maximum atomic E-state index is 6.11. The lowest BCUT2D eigenvalue weighted by Gasteiger charge is -2.16. The highest BCUT2D eigenvalue weighted by Crippen LogP contribution is 2.33. The summed E-state index contributed by atoms with van der Waals surface area (Å²) in [4.78, 5) is 9.30. The van der Waals surface area contributed by atoms with E-state index in [1.54, 1.807) is 0 Å². The third-order valence-electron chi connectivity index (χ3n) is 3.66. The summed E-state index contributed by atoms with van der Waals surface area (Å²) in [5.41, 5.74) is 11.5. The van der Waals surface area contributed by atoms with E-state index in [0.717, 1.165) is 55.0 Å². The van der Waals surface area contributed by atoms with Crippen molar-refractivity contribution in [3.8, 4) is 0 Å². The molecule has 0 unspecified atom stereocenters. The van der Waals surface area contributed by atoms with Gasteiger partial charge in [0, 0.05) is 17.8 Å². The molecule has 1 aliphatic carbocycles. The molecule has 2 rings (SSSR count). The van der Waals surface area contributed by atoms with Gasteiger partial charge in [-0.1, -0.05) is 26.0 Å². The van der Waals surface area contributed by atoms with E-state index in [4.69, 9.17) is 10.7 Å². The molecule has 108 valence electrons. The second kappa shape index (κ2) is 6.66. The first kappa shape index (κ1) is 14.7. The third kappa shape index (κ3) is 3.07. The van der Waals surface area contributed by atoms with Gasteiger partial charge in [0.25, 0.3) is 0 Å². The average Bonchev–Trinajstić information content (AvgIpc) is 2.46. The van der Waals surface area contributed by atoms with Crippen LogP contribution in [0, 0.1) is 6.92 Å². The molecule has 0 saturated carbocycles. The Balaban J connectivity index is 2.41. The number of nitrogens with zero attached hydrogens (tertiary/aromatic N) is 2. The lowest BCUT2D eigenvalue weighted by molar-refractivity contribution is 0.809. The molecular weight excluding hydrogens is 248 g/mol. The highest BCUT2D eigenvalue weighted by atomic mass is 14.9. The predicted octanol–water partition coefficient (Wildman–Crippen LogP) is 3.02. The van der Waals surface area contributed by atoms with E-state index in [1.807, 2.05) is 0 Å². The van der Waals surface area contributed by atoms with Gasteiger partial charge in [-0.2, -0.15) is 0 Å². The van der Waals surface area contributed by atoms with E-state index in [-0.39, 0.29) is 0 Å². The number of nitrogens with one attached hydrogen (secondary N) is 1. The molecule has 3 N–H and O–H groups in total. The molecule has 0 aliphatic heterocycles. The van der Waals surface area contributed by atoms with Gasteiger partial charge in [-0.15, -0.1) is 0 Å². The Labute approximate surface area is 121 Å². The van der Waals surface area contributed by atoms with E-state index >= 15 is 0 Å². The molecule has 1 aliphatic rings. The summed E-state index contributed by atoms with van der Waals surface area (Å²) in [6.07, 6.45) is 7.27. The van der Waals surface area contributed by atoms with Gasteiger partial charge < -0.3 is 11.1 Å². The maximum Gasteiger partial charge on any atom is 0.149 e. The number of allylic oxidation sites excluding steroid dienone is 1. The molecule has 1 aromatic heterocycles. The van der Waals surface area contributed by atoms with Gasteiger partial charge in [-0.3, -0.25) is 4.99 Å². The van der Waals surface area contributed by atoms with Crippen LogP contribution in [0.3, 0.4) is 0 Å². The number of hydrogen-bond acceptors (Lipinski definition) is 4. The van der Waals surface area contributed by atoms with Crippen LogP contribution in [0.25, 0.3) is 6.08 Å². The van der Waals surface area contributed by atoms with Crippen molar-refractivity contribution in [2.75, 3.05) is 18.8 Å². The fourth-order valence-electron chi connectivity index (χ4n) is 2.44. The fourth-order valence-corrected chi connectivity index (χ4v) is 2.44. The number of aryl methyl sites for hydroxylation is 1. The number of aliphatic imine (C=N–C) groups is 1. The summed E-state index contributed by atoms with van der Waals surface area (Å²) in [6.45, 7) is 8.05. The smallest absolute Gasteiger partial charge is 0.149 e. The SMILES string of the molecule is CCNCC(CC)=Nc1c(N)nc2c(c1C)C=CCC2. The molecule has 0 bridgehead atoms. The Morgan fingerprint density at radius 2 is 2.25 bits per heavy atom. The second-order valence-electron chi connectivity index (χ2n) is 5.08. The Kier molecular flexibility index (Phi) is 4.90. The number of nitrogen functional groups attached to an aromatic ring is 1. The minimum absolute atomic E-state index is 0.555. The molecule has 4 nitrogen and oxygen atoms in total. The van der Waals surface area contributed by atoms with E-state index in [9.17, 15) is 0 Å². The maximum absolute atomic E-state index is 6.11. The largest absolute Gasteiger partial charge is 0.382 e. The Morgan fingerprint density at radius 3 is 2.95 bits per heavy atom. The summed E-state index contributed by atoms with van der Waals surface area (Å²) in [6, 6.07) is 0. The van der Waals surface area contributed by atoms with Crippen LogP contribution in [-0.2, 0) is 6.42 Å². The van der Waals surface area contributed by atoms with Crippen LogP contribution >= 0.6 is 0 Å². The zero-order chi connectivity index (χ0) is 14.5. The molecule has 4 heteroatoms. The fraction of sp³-hybridized carbons (Fsp3) is 0.500. The monoisotopic (exact) mass is 272 g/mol. The zero-order valence-electron chi connectivity index (χ0n) is 12.7. The van der Waals surface area contributed by atoms with Gasteiger partial charge in [0.15, 0.2) is 0 Å². The Hall–Kier alpha value is -1.68. The van der Waals surface area contributed by atoms with E-state index < -0.39 is 0 Å². The van der Waals surface area contributed by atoms with Crippen LogP contribution in [-0.4, -0.2) is 23.8 Å². The summed E-state index contributed by atoms with van der Waals surface area (Å²) in [5.74, 6) is 0.555. The third-order valence-corrected chi connectivity index (χ3v) is 3.66. The van der Waals surface area contributed by atoms with Crippen LogP contribution in [0.1, 0.15) is 43.5 Å². The minimum atomic E-state index is 0.555. The first-order valence-corrected chi connectivity index (χ1v) is 7.40. The summed E-state index contributed by atoms with van der Waals surface area (Å²) in [5, 5.41) is 3.31. The van der Waals surface area contributed by atoms with Crippen LogP contribution in [0.5, 0.6) is 0 Å². The number of anilines is 1. The first-order valence-electron chi connectivity index (χ1n) is 7.40. The van der Waals surface area contributed by atoms with Crippen LogP contribution in [0.2, 0.25) is 0 Å². The van der Waals surface area contributed by atoms with Crippen LogP contribution in [0.4, 0.5) is 11.5 Å². The summed E-state index contributed by atoms with van der Waals surface area (Å²) in [7, 11) is 0. The van der Waals surface area contributed by atoms with Crippen LogP contribution in [0.15, 0.2) is 11.1 Å². The minimum Gasteiger partial charge on any atom is -0.382 e. The Morgan fingerprint density at radius 1 is 1.45 bits per heavy atom. The van der Waals surface area contributed by atoms with Gasteiger partial charge in [0.1, 0.15) is 11.5 Å². The highest BCUT2D eigenvalue weighted by molar-refractivity contribution is 5.90. The van der Waals surface area contributed by atoms with Crippen molar-refractivity contribution >= 4 is 23.3 Å². The van der Waals surface area contributed by atoms with Crippen molar-refractivity contribution < 1.29 is 0 Å². The normalized spacial score (nSPS) is 14.4. The molecule has 0 atom stereocenters. The summed E-state index contributed by atoms with van der Waals surface area (Å²) >= 11 is 0. The molecular formula is C16H24N4. The second-order valence-corrected chi connectivity index (χ2v) is 5.08. The van der Waals surface area contributed by atoms with Crippen molar-refractivity contribution in [2.24, 2.45) is 4.99 Å². The van der Waals surface area contributed by atoms with Gasteiger partial charge in [-0.05, 0) is 38.3 Å². The quantitative estimate of drug-likeness (QED) is 0.810. The van der Waals surface area contributed by atoms with Crippen molar-refractivity contribution in [3.05, 3.63) is 22.9 Å². The molecule has 0 fully saturated rings. The van der Waals surface area contributed by atoms with Crippen molar-refractivity contribution in [3.63, 3.8) is 0 Å². The van der Waals surface area contributed by atoms with Crippen molar-refractivity contribution in [2.45, 2.75) is 40.0 Å². The molecule has 0 saturated heterocycles. The molecule has 20 heavy (non-hydrogen) atoms. The highest BCUT2D eigenvalue weighted by Gasteiger charge is 2.15. The number of rotatable bonds is 5. The molecule has 0 spiro atoms. The first-order chi connectivity index (χ1) is 9.67. The zero-order valence-corrected chi connectivity index (χ0v) is 12.7. The summed E-state index contributed by atoms with van der Waals surface area (Å²) < 4.78 is 0. The van der Waals surface area contributed by atoms with Gasteiger partial charge in [0.05, 0.1) is 5.69 Å². The van der Waals surface area contributed by atoms with Crippen LogP contribution < -0.4 is 11.1 Å². The molecule has 0 amide bonds. The van der Waals surface area contributed by atoms with E-state index in [1.165, 1.54) is 5.56 Å². The lowest BCUT2D eigenvalue weighted by Crippen LogP contribution is -2.22.